The van der Waals surface area contributed by atoms with Crippen molar-refractivity contribution in [2.45, 2.75) is 56.3 Å². The summed E-state index contributed by atoms with van der Waals surface area (Å²) in [5, 5.41) is 6.13. The Bertz CT molecular complexity index is 887. The fraction of sp³-hybridized carbons (Fsp3) is 0.667. The number of carbonyl (C=O) groups is 1. The molecule has 6 nitrogen and oxygen atoms in total. The van der Waals surface area contributed by atoms with Gasteiger partial charge in [-0.2, -0.15) is 17.5 Å². The Kier molecular flexibility index (Phi) is 7.02. The molecule has 174 valence electrons. The quantitative estimate of drug-likeness (QED) is 0.655. The van der Waals surface area contributed by atoms with Gasteiger partial charge in [-0.15, -0.1) is 0 Å². The van der Waals surface area contributed by atoms with Crippen molar-refractivity contribution in [3.63, 3.8) is 0 Å². The number of fused-ring (bicyclic) bond motifs is 1. The van der Waals surface area contributed by atoms with Gasteiger partial charge in [-0.25, -0.2) is 8.42 Å². The number of likely N-dealkylation sites (N-methyl/N-ethyl adjacent to an activating group) is 1. The van der Waals surface area contributed by atoms with Crippen LogP contribution in [0.15, 0.2) is 29.2 Å². The lowest BCUT2D eigenvalue weighted by Gasteiger charge is -2.25. The number of hydrogen-bond acceptors (Lipinski definition) is 4. The molecule has 1 saturated heterocycles. The summed E-state index contributed by atoms with van der Waals surface area (Å²) in [4.78, 5) is 12.5. The molecule has 31 heavy (non-hydrogen) atoms. The molecule has 0 bridgehead atoms. The molecule has 1 aliphatic carbocycles. The van der Waals surface area contributed by atoms with Gasteiger partial charge in [-0.05, 0) is 68.3 Å². The Hall–Kier alpha value is -1.65. The van der Waals surface area contributed by atoms with Crippen molar-refractivity contribution in [2.24, 2.45) is 17.8 Å². The lowest BCUT2D eigenvalue weighted by Crippen LogP contribution is -2.49. The van der Waals surface area contributed by atoms with Gasteiger partial charge >= 0.3 is 6.18 Å². The molecular formula is C21H30F3N3O3S. The summed E-state index contributed by atoms with van der Waals surface area (Å²) in [6.07, 6.45) is -2.20. The summed E-state index contributed by atoms with van der Waals surface area (Å²) in [7, 11) is -2.14. The third-order valence-corrected chi connectivity index (χ3v) is 8.19. The van der Waals surface area contributed by atoms with E-state index in [0.29, 0.717) is 18.9 Å². The maximum atomic E-state index is 13.0. The molecule has 0 unspecified atom stereocenters. The zero-order chi connectivity index (χ0) is 23.0. The second-order valence-corrected chi connectivity index (χ2v) is 10.9. The molecule has 4 atom stereocenters. The van der Waals surface area contributed by atoms with Crippen molar-refractivity contribution in [2.75, 3.05) is 20.1 Å². The Morgan fingerprint density at radius 1 is 1.16 bits per heavy atom. The summed E-state index contributed by atoms with van der Waals surface area (Å²) in [6.45, 7) is 4.67. The molecule has 1 aliphatic heterocycles. The first kappa shape index (κ1) is 24.0. The molecule has 0 aromatic heterocycles. The normalized spacial score (nSPS) is 25.6. The van der Waals surface area contributed by atoms with E-state index < -0.39 is 21.8 Å². The first-order valence-electron chi connectivity index (χ1n) is 10.6. The fourth-order valence-corrected chi connectivity index (χ4v) is 6.21. The number of amides is 1. The fourth-order valence-electron chi connectivity index (χ4n) is 4.68. The number of alkyl halides is 3. The minimum Gasteiger partial charge on any atom is -0.352 e. The summed E-state index contributed by atoms with van der Waals surface area (Å²) in [5.41, 5.74) is -0.881. The molecule has 1 aromatic rings. The molecule has 1 heterocycles. The number of nitrogens with one attached hydrogen (secondary N) is 2. The number of carbonyl (C=O) groups excluding carboxylic acids is 1. The van der Waals surface area contributed by atoms with E-state index in [-0.39, 0.29) is 41.3 Å². The van der Waals surface area contributed by atoms with Gasteiger partial charge in [-0.1, -0.05) is 13.8 Å². The van der Waals surface area contributed by atoms with E-state index in [1.165, 1.54) is 4.31 Å². The van der Waals surface area contributed by atoms with Crippen molar-refractivity contribution >= 4 is 15.9 Å². The third-order valence-electron chi connectivity index (χ3n) is 6.34. The molecule has 0 spiro atoms. The highest BCUT2D eigenvalue weighted by Crippen LogP contribution is 2.40. The average molecular weight is 462 g/mol. The zero-order valence-corrected chi connectivity index (χ0v) is 18.8. The smallest absolute Gasteiger partial charge is 0.352 e. The Balaban J connectivity index is 1.68. The second kappa shape index (κ2) is 9.07. The SMILES string of the molecule is CN[C@@H](CC(C)C)C(=O)N[C@@H]1CC[C@@H]2CN(S(=O)(=O)c3ccc(C(F)(F)F)cc3)C[C@@H]21. The van der Waals surface area contributed by atoms with Gasteiger partial charge in [0.2, 0.25) is 15.9 Å². The van der Waals surface area contributed by atoms with Gasteiger partial charge in [-0.3, -0.25) is 4.79 Å². The van der Waals surface area contributed by atoms with Gasteiger partial charge in [0.1, 0.15) is 0 Å². The molecular weight excluding hydrogens is 431 g/mol. The monoisotopic (exact) mass is 461 g/mol. The van der Waals surface area contributed by atoms with Crippen LogP contribution in [0.4, 0.5) is 13.2 Å². The summed E-state index contributed by atoms with van der Waals surface area (Å²) in [5.74, 6) is 0.415. The first-order chi connectivity index (χ1) is 14.4. The van der Waals surface area contributed by atoms with E-state index in [9.17, 15) is 26.4 Å². The number of halogens is 3. The molecule has 1 aromatic carbocycles. The lowest BCUT2D eigenvalue weighted by atomic mass is 9.97. The molecule has 2 fully saturated rings. The number of sulfonamides is 1. The van der Waals surface area contributed by atoms with Crippen LogP contribution in [0.3, 0.4) is 0 Å². The Morgan fingerprint density at radius 3 is 2.35 bits per heavy atom. The van der Waals surface area contributed by atoms with Crippen LogP contribution in [0.1, 0.15) is 38.7 Å². The van der Waals surface area contributed by atoms with Crippen LogP contribution in [0.5, 0.6) is 0 Å². The van der Waals surface area contributed by atoms with E-state index >= 15 is 0 Å². The van der Waals surface area contributed by atoms with Gasteiger partial charge in [0.25, 0.3) is 0 Å². The highest BCUT2D eigenvalue weighted by molar-refractivity contribution is 7.89. The van der Waals surface area contributed by atoms with Crippen LogP contribution in [0.25, 0.3) is 0 Å². The van der Waals surface area contributed by atoms with Crippen LogP contribution in [-0.2, 0) is 21.0 Å². The molecule has 2 N–H and O–H groups in total. The van der Waals surface area contributed by atoms with E-state index in [1.807, 2.05) is 13.8 Å². The minimum absolute atomic E-state index is 0.00438. The van der Waals surface area contributed by atoms with Crippen molar-refractivity contribution < 1.29 is 26.4 Å². The third kappa shape index (κ3) is 5.23. The second-order valence-electron chi connectivity index (χ2n) is 8.93. The average Bonchev–Trinajstić information content (AvgIpc) is 3.27. The van der Waals surface area contributed by atoms with Crippen molar-refractivity contribution in [3.05, 3.63) is 29.8 Å². The van der Waals surface area contributed by atoms with Crippen LogP contribution < -0.4 is 10.6 Å². The molecule has 0 radical (unpaired) electrons. The van der Waals surface area contributed by atoms with Crippen molar-refractivity contribution in [1.82, 2.24) is 14.9 Å². The van der Waals surface area contributed by atoms with Crippen LogP contribution >= 0.6 is 0 Å². The highest BCUT2D eigenvalue weighted by Gasteiger charge is 2.47. The highest BCUT2D eigenvalue weighted by atomic mass is 32.2. The van der Waals surface area contributed by atoms with E-state index in [4.69, 9.17) is 0 Å². The van der Waals surface area contributed by atoms with Gasteiger partial charge in [0.05, 0.1) is 16.5 Å². The molecule has 1 saturated carbocycles. The predicted molar refractivity (Wildman–Crippen MR) is 111 cm³/mol. The van der Waals surface area contributed by atoms with Crippen molar-refractivity contribution in [1.29, 1.82) is 0 Å². The largest absolute Gasteiger partial charge is 0.416 e. The maximum absolute atomic E-state index is 13.0. The van der Waals surface area contributed by atoms with Gasteiger partial charge in [0, 0.05) is 19.1 Å². The number of nitrogens with zero attached hydrogens (tertiary/aromatic N) is 1. The molecule has 1 amide bonds. The maximum Gasteiger partial charge on any atom is 0.416 e. The Labute approximate surface area is 181 Å². The van der Waals surface area contributed by atoms with E-state index in [1.54, 1.807) is 7.05 Å². The molecule has 3 rings (SSSR count). The molecule has 10 heteroatoms. The minimum atomic E-state index is -4.51. The topological polar surface area (TPSA) is 78.5 Å². The first-order valence-corrected chi connectivity index (χ1v) is 12.0. The number of hydrogen-bond donors (Lipinski definition) is 2. The summed E-state index contributed by atoms with van der Waals surface area (Å²) in [6, 6.07) is 3.20. The summed E-state index contributed by atoms with van der Waals surface area (Å²) < 4.78 is 65.6. The summed E-state index contributed by atoms with van der Waals surface area (Å²) >= 11 is 0. The van der Waals surface area contributed by atoms with E-state index in [2.05, 4.69) is 10.6 Å². The van der Waals surface area contributed by atoms with Crippen LogP contribution in [0.2, 0.25) is 0 Å². The Morgan fingerprint density at radius 2 is 1.81 bits per heavy atom. The number of rotatable bonds is 7. The standard InChI is InChI=1S/C21H30F3N3O3S/c1-13(2)10-19(25-3)20(28)26-18-9-4-14-11-27(12-17(14)18)31(29,30)16-7-5-15(6-8-16)21(22,23)24/h5-8,13-14,17-19,25H,4,9-12H2,1-3H3,(H,26,28)/t14-,17+,18-,19+/m1/s1. The lowest BCUT2D eigenvalue weighted by molar-refractivity contribution is -0.137. The van der Waals surface area contributed by atoms with Crippen LogP contribution in [-0.4, -0.2) is 50.9 Å². The van der Waals surface area contributed by atoms with E-state index in [0.717, 1.165) is 37.1 Å². The van der Waals surface area contributed by atoms with Crippen LogP contribution in [0, 0.1) is 17.8 Å². The van der Waals surface area contributed by atoms with Gasteiger partial charge < -0.3 is 10.6 Å². The predicted octanol–water partition coefficient (Wildman–Crippen LogP) is 2.85. The number of benzene rings is 1. The zero-order valence-electron chi connectivity index (χ0n) is 17.9. The molecule has 2 aliphatic rings. The van der Waals surface area contributed by atoms with Gasteiger partial charge in [0.15, 0.2) is 0 Å². The van der Waals surface area contributed by atoms with Crippen molar-refractivity contribution in [3.8, 4) is 0 Å².